The highest BCUT2D eigenvalue weighted by atomic mass is 32.2. The monoisotopic (exact) mass is 538 g/mol. The molecule has 0 fully saturated rings. The van der Waals surface area contributed by atoms with Crippen LogP contribution in [-0.2, 0) is 35.7 Å². The lowest BCUT2D eigenvalue weighted by Gasteiger charge is -2.46. The second kappa shape index (κ2) is 12.1. The molecule has 0 N–H and O–H groups in total. The fourth-order valence-electron chi connectivity index (χ4n) is 3.62. The van der Waals surface area contributed by atoms with E-state index >= 15 is 0 Å². The largest absolute Gasteiger partial charge is 0.496 e. The lowest BCUT2D eigenvalue weighted by molar-refractivity contribution is -0.207. The van der Waals surface area contributed by atoms with E-state index in [1.807, 2.05) is 49.4 Å². The quantitative estimate of drug-likeness (QED) is 0.181. The number of hydrogen-bond acceptors (Lipinski definition) is 7. The van der Waals surface area contributed by atoms with Crippen LogP contribution in [0.5, 0.6) is 11.5 Å². The van der Waals surface area contributed by atoms with Crippen molar-refractivity contribution >= 4 is 18.4 Å². The first kappa shape index (κ1) is 30.3. The maximum atomic E-state index is 11.8. The number of rotatable bonds is 13. The highest BCUT2D eigenvalue weighted by Gasteiger charge is 2.47. The van der Waals surface area contributed by atoms with Crippen LogP contribution < -0.4 is 9.47 Å². The van der Waals surface area contributed by atoms with E-state index in [0.29, 0.717) is 30.1 Å². The zero-order valence-electron chi connectivity index (χ0n) is 23.1. The van der Waals surface area contributed by atoms with Gasteiger partial charge in [-0.15, -0.1) is 0 Å². The third-order valence-corrected chi connectivity index (χ3v) is 11.8. The zero-order valence-corrected chi connectivity index (χ0v) is 25.0. The summed E-state index contributed by atoms with van der Waals surface area (Å²) in [5.41, 5.74) is 2.67. The molecular formula is C27H42O7SSi. The van der Waals surface area contributed by atoms with Crippen LogP contribution in [0.1, 0.15) is 43.9 Å². The zero-order chi connectivity index (χ0) is 27.2. The summed E-state index contributed by atoms with van der Waals surface area (Å²) < 4.78 is 53.7. The van der Waals surface area contributed by atoms with E-state index in [1.165, 1.54) is 0 Å². The van der Waals surface area contributed by atoms with Crippen molar-refractivity contribution in [1.29, 1.82) is 0 Å². The molecule has 9 heteroatoms. The summed E-state index contributed by atoms with van der Waals surface area (Å²) in [6.07, 6.45) is 1.87. The molecule has 0 aliphatic rings. The van der Waals surface area contributed by atoms with Gasteiger partial charge in [-0.05, 0) is 49.2 Å². The average molecular weight is 539 g/mol. The SMILES string of the molecule is COc1cc([C@](CCOS(C)(=O)=O)(OCCc2ccccc2)O[Si](C)(C)C(C)(C)C)cc(OC)c1C. The Hall–Kier alpha value is -1.91. The second-order valence-electron chi connectivity index (χ2n) is 10.5. The molecule has 1 atom stereocenters. The minimum atomic E-state index is -3.65. The number of methoxy groups -OCH3 is 2. The van der Waals surface area contributed by atoms with E-state index in [-0.39, 0.29) is 18.1 Å². The van der Waals surface area contributed by atoms with Gasteiger partial charge in [0.15, 0.2) is 14.1 Å². The van der Waals surface area contributed by atoms with Gasteiger partial charge in [-0.1, -0.05) is 51.1 Å². The molecule has 0 bridgehead atoms. The van der Waals surface area contributed by atoms with E-state index in [2.05, 4.69) is 33.9 Å². The Labute approximate surface area is 218 Å². The van der Waals surface area contributed by atoms with Gasteiger partial charge in [-0.2, -0.15) is 8.42 Å². The minimum absolute atomic E-state index is 0.0999. The second-order valence-corrected chi connectivity index (χ2v) is 16.8. The summed E-state index contributed by atoms with van der Waals surface area (Å²) in [4.78, 5) is 0. The lowest BCUT2D eigenvalue weighted by atomic mass is 9.99. The van der Waals surface area contributed by atoms with Crippen molar-refractivity contribution in [2.24, 2.45) is 0 Å². The Bertz CT molecular complexity index is 1070. The molecule has 0 aromatic heterocycles. The van der Waals surface area contributed by atoms with E-state index in [0.717, 1.165) is 17.4 Å². The van der Waals surface area contributed by atoms with Crippen LogP contribution in [0.15, 0.2) is 42.5 Å². The third-order valence-electron chi connectivity index (χ3n) is 6.72. The van der Waals surface area contributed by atoms with Crippen molar-refractivity contribution in [2.75, 3.05) is 33.7 Å². The molecule has 36 heavy (non-hydrogen) atoms. The predicted molar refractivity (Wildman–Crippen MR) is 146 cm³/mol. The van der Waals surface area contributed by atoms with Gasteiger partial charge in [-0.3, -0.25) is 4.18 Å². The molecule has 0 unspecified atom stereocenters. The first-order valence-electron chi connectivity index (χ1n) is 12.1. The highest BCUT2D eigenvalue weighted by Crippen LogP contribution is 2.46. The molecule has 2 rings (SSSR count). The lowest BCUT2D eigenvalue weighted by Crippen LogP contribution is -2.50. The first-order valence-corrected chi connectivity index (χ1v) is 16.8. The summed E-state index contributed by atoms with van der Waals surface area (Å²) in [5.74, 6) is -0.0250. The van der Waals surface area contributed by atoms with Crippen molar-refractivity contribution in [1.82, 2.24) is 0 Å². The normalized spacial score (nSPS) is 14.4. The van der Waals surface area contributed by atoms with Gasteiger partial charge < -0.3 is 18.6 Å². The van der Waals surface area contributed by atoms with Crippen LogP contribution >= 0.6 is 0 Å². The van der Waals surface area contributed by atoms with Gasteiger partial charge in [0.25, 0.3) is 10.1 Å². The maximum Gasteiger partial charge on any atom is 0.264 e. The Morgan fingerprint density at radius 2 is 1.47 bits per heavy atom. The van der Waals surface area contributed by atoms with Gasteiger partial charge in [-0.25, -0.2) is 0 Å². The molecule has 0 heterocycles. The molecule has 0 aliphatic carbocycles. The van der Waals surface area contributed by atoms with E-state index in [9.17, 15) is 8.42 Å². The van der Waals surface area contributed by atoms with Crippen LogP contribution in [0.25, 0.3) is 0 Å². The molecule has 0 radical (unpaired) electrons. The van der Waals surface area contributed by atoms with Crippen molar-refractivity contribution < 1.29 is 31.2 Å². The van der Waals surface area contributed by atoms with Crippen molar-refractivity contribution in [3.63, 3.8) is 0 Å². The molecule has 7 nitrogen and oxygen atoms in total. The Balaban J connectivity index is 2.63. The van der Waals surface area contributed by atoms with Crippen LogP contribution in [0.2, 0.25) is 18.1 Å². The van der Waals surface area contributed by atoms with Crippen LogP contribution in [0, 0.1) is 6.92 Å². The maximum absolute atomic E-state index is 11.8. The van der Waals surface area contributed by atoms with Crippen molar-refractivity contribution in [3.05, 3.63) is 59.2 Å². The summed E-state index contributed by atoms with van der Waals surface area (Å²) in [6, 6.07) is 13.8. The molecule has 2 aromatic carbocycles. The van der Waals surface area contributed by atoms with Gasteiger partial charge >= 0.3 is 0 Å². The topological polar surface area (TPSA) is 80.3 Å². The Morgan fingerprint density at radius 3 is 1.94 bits per heavy atom. The van der Waals surface area contributed by atoms with Crippen molar-refractivity contribution in [2.45, 2.75) is 64.5 Å². The van der Waals surface area contributed by atoms with E-state index < -0.39 is 24.2 Å². The van der Waals surface area contributed by atoms with Crippen LogP contribution in [0.4, 0.5) is 0 Å². The molecule has 0 amide bonds. The number of benzene rings is 2. The van der Waals surface area contributed by atoms with Gasteiger partial charge in [0.05, 0.1) is 33.7 Å². The molecule has 0 spiro atoms. The molecule has 2 aromatic rings. The number of hydrogen-bond donors (Lipinski definition) is 0. The fraction of sp³-hybridized carbons (Fsp3) is 0.556. The summed E-state index contributed by atoms with van der Waals surface area (Å²) >= 11 is 0. The molecule has 0 aliphatic heterocycles. The standard InChI is InChI=1S/C27H42O7SSi/c1-21-24(30-5)19-23(20-25(21)31-6)27(16-18-33-35(7,28)29,34-36(8,9)26(2,3)4)32-17-15-22-13-11-10-12-14-22/h10-14,19-20H,15-18H2,1-9H3/t27-/m1/s1. The van der Waals surface area contributed by atoms with Crippen LogP contribution in [-0.4, -0.2) is 50.4 Å². The number of ether oxygens (including phenoxy) is 3. The minimum Gasteiger partial charge on any atom is -0.496 e. The smallest absolute Gasteiger partial charge is 0.264 e. The van der Waals surface area contributed by atoms with Gasteiger partial charge in [0, 0.05) is 17.5 Å². The van der Waals surface area contributed by atoms with Crippen molar-refractivity contribution in [3.8, 4) is 11.5 Å². The van der Waals surface area contributed by atoms with E-state index in [1.54, 1.807) is 14.2 Å². The first-order chi connectivity index (χ1) is 16.6. The van der Waals surface area contributed by atoms with E-state index in [4.69, 9.17) is 22.8 Å². The Kier molecular flexibility index (Phi) is 10.2. The summed E-state index contributed by atoms with van der Waals surface area (Å²) in [6.45, 7) is 12.9. The highest BCUT2D eigenvalue weighted by molar-refractivity contribution is 7.85. The summed E-state index contributed by atoms with van der Waals surface area (Å²) in [7, 11) is -2.87. The van der Waals surface area contributed by atoms with Gasteiger partial charge in [0.1, 0.15) is 11.5 Å². The predicted octanol–water partition coefficient (Wildman–Crippen LogP) is 5.81. The molecule has 0 saturated heterocycles. The Morgan fingerprint density at radius 1 is 0.917 bits per heavy atom. The molecule has 202 valence electrons. The molecular weight excluding hydrogens is 496 g/mol. The third kappa shape index (κ3) is 8.04. The molecule has 0 saturated carbocycles. The van der Waals surface area contributed by atoms with Crippen LogP contribution in [0.3, 0.4) is 0 Å². The summed E-state index contributed by atoms with van der Waals surface area (Å²) in [5, 5.41) is -0.127. The average Bonchev–Trinajstić information content (AvgIpc) is 2.78. The fourth-order valence-corrected chi connectivity index (χ4v) is 5.41. The van der Waals surface area contributed by atoms with Gasteiger partial charge in [0.2, 0.25) is 0 Å².